The summed E-state index contributed by atoms with van der Waals surface area (Å²) in [5, 5.41) is 11.9. The van der Waals surface area contributed by atoms with Crippen LogP contribution in [-0.4, -0.2) is 10.1 Å². The van der Waals surface area contributed by atoms with Crippen LogP contribution < -0.4 is 0 Å². The summed E-state index contributed by atoms with van der Waals surface area (Å²) < 4.78 is 0.989. The normalized spacial score (nSPS) is 14.4. The van der Waals surface area contributed by atoms with Crippen LogP contribution in [0.5, 0.6) is 0 Å². The number of rotatable bonds is 4. The third kappa shape index (κ3) is 3.25. The van der Waals surface area contributed by atoms with Gasteiger partial charge in [-0.3, -0.25) is 0 Å². The largest absolute Gasteiger partial charge is 0.385 e. The molecule has 0 saturated carbocycles. The van der Waals surface area contributed by atoms with Crippen molar-refractivity contribution in [3.8, 4) is 0 Å². The Kier molecular flexibility index (Phi) is 4.43. The van der Waals surface area contributed by atoms with E-state index in [0.717, 1.165) is 20.7 Å². The van der Waals surface area contributed by atoms with E-state index in [1.54, 1.807) is 11.3 Å². The summed E-state index contributed by atoms with van der Waals surface area (Å²) in [6, 6.07) is 7.88. The second-order valence-electron chi connectivity index (χ2n) is 4.82. The van der Waals surface area contributed by atoms with Gasteiger partial charge in [0.15, 0.2) is 0 Å². The summed E-state index contributed by atoms with van der Waals surface area (Å²) in [4.78, 5) is 5.76. The van der Waals surface area contributed by atoms with Crippen LogP contribution >= 0.6 is 27.3 Å². The van der Waals surface area contributed by atoms with Gasteiger partial charge >= 0.3 is 0 Å². The lowest BCUT2D eigenvalue weighted by Crippen LogP contribution is -2.27. The van der Waals surface area contributed by atoms with Crippen molar-refractivity contribution in [1.29, 1.82) is 0 Å². The third-order valence-corrected chi connectivity index (χ3v) is 5.03. The molecule has 0 bridgehead atoms. The molecule has 1 unspecified atom stereocenters. The van der Waals surface area contributed by atoms with Crippen molar-refractivity contribution in [1.82, 2.24) is 4.98 Å². The Bertz CT molecular complexity index is 562. The number of aromatic nitrogens is 1. The molecule has 1 aromatic heterocycles. The quantitative estimate of drug-likeness (QED) is 0.897. The molecular formula is C15H18BrNOS. The smallest absolute Gasteiger partial charge is 0.0963 e. The zero-order chi connectivity index (χ0) is 14.0. The van der Waals surface area contributed by atoms with Crippen molar-refractivity contribution >= 4 is 27.3 Å². The highest BCUT2D eigenvalue weighted by Crippen LogP contribution is 2.32. The van der Waals surface area contributed by atoms with Gasteiger partial charge in [-0.25, -0.2) is 4.98 Å². The lowest BCUT2D eigenvalue weighted by Gasteiger charge is -2.26. The molecule has 0 aliphatic heterocycles. The fourth-order valence-corrected chi connectivity index (χ4v) is 3.51. The number of benzene rings is 1. The standard InChI is InChI=1S/C15H18BrNOS/c1-4-15(18,12-6-5-7-13(16)8-12)9-14-17-10(2)11(3)19-14/h5-8,18H,4,9H2,1-3H3. The Morgan fingerprint density at radius 2 is 2.11 bits per heavy atom. The maximum absolute atomic E-state index is 10.9. The molecule has 1 atom stereocenters. The Labute approximate surface area is 126 Å². The number of aliphatic hydroxyl groups is 1. The summed E-state index contributed by atoms with van der Waals surface area (Å²) in [6.45, 7) is 6.09. The van der Waals surface area contributed by atoms with Gasteiger partial charge in [-0.2, -0.15) is 0 Å². The van der Waals surface area contributed by atoms with Crippen molar-refractivity contribution < 1.29 is 5.11 Å². The summed E-state index contributed by atoms with van der Waals surface area (Å²) in [5.74, 6) is 0. The van der Waals surface area contributed by atoms with Crippen LogP contribution in [0.15, 0.2) is 28.7 Å². The topological polar surface area (TPSA) is 33.1 Å². The molecule has 0 spiro atoms. The van der Waals surface area contributed by atoms with Gasteiger partial charge in [-0.15, -0.1) is 11.3 Å². The van der Waals surface area contributed by atoms with Crippen LogP contribution in [0.3, 0.4) is 0 Å². The number of hydrogen-bond acceptors (Lipinski definition) is 3. The molecule has 1 N–H and O–H groups in total. The predicted octanol–water partition coefficient (Wildman–Crippen LogP) is 4.36. The lowest BCUT2D eigenvalue weighted by molar-refractivity contribution is 0.0326. The highest BCUT2D eigenvalue weighted by molar-refractivity contribution is 9.10. The highest BCUT2D eigenvalue weighted by Gasteiger charge is 2.29. The second-order valence-corrected chi connectivity index (χ2v) is 7.02. The molecule has 1 heterocycles. The van der Waals surface area contributed by atoms with Crippen molar-refractivity contribution in [2.75, 3.05) is 0 Å². The van der Waals surface area contributed by atoms with E-state index in [0.29, 0.717) is 12.8 Å². The van der Waals surface area contributed by atoms with Gasteiger partial charge in [0.2, 0.25) is 0 Å². The molecule has 19 heavy (non-hydrogen) atoms. The zero-order valence-corrected chi connectivity index (χ0v) is 13.8. The number of nitrogens with zero attached hydrogens (tertiary/aromatic N) is 1. The van der Waals surface area contributed by atoms with Crippen LogP contribution in [0.25, 0.3) is 0 Å². The fourth-order valence-electron chi connectivity index (χ4n) is 2.07. The van der Waals surface area contributed by atoms with Gasteiger partial charge in [0.1, 0.15) is 0 Å². The Balaban J connectivity index is 2.32. The van der Waals surface area contributed by atoms with Crippen molar-refractivity contribution in [3.05, 3.63) is 49.9 Å². The van der Waals surface area contributed by atoms with E-state index < -0.39 is 5.60 Å². The number of hydrogen-bond donors (Lipinski definition) is 1. The Morgan fingerprint density at radius 3 is 2.63 bits per heavy atom. The molecule has 102 valence electrons. The molecule has 2 aromatic rings. The maximum Gasteiger partial charge on any atom is 0.0963 e. The number of thiazole rings is 1. The molecule has 0 saturated heterocycles. The first-order valence-electron chi connectivity index (χ1n) is 6.36. The van der Waals surface area contributed by atoms with Gasteiger partial charge < -0.3 is 5.11 Å². The summed E-state index contributed by atoms with van der Waals surface area (Å²) >= 11 is 5.13. The molecule has 4 heteroatoms. The monoisotopic (exact) mass is 339 g/mol. The molecule has 0 amide bonds. The van der Waals surface area contributed by atoms with Crippen LogP contribution in [0, 0.1) is 13.8 Å². The van der Waals surface area contributed by atoms with Gasteiger partial charge in [-0.05, 0) is 38.0 Å². The summed E-state index contributed by atoms with van der Waals surface area (Å²) in [6.07, 6.45) is 1.24. The van der Waals surface area contributed by atoms with Gasteiger partial charge in [0.05, 0.1) is 16.3 Å². The van der Waals surface area contributed by atoms with Crippen LogP contribution in [-0.2, 0) is 12.0 Å². The molecular weight excluding hydrogens is 322 g/mol. The fraction of sp³-hybridized carbons (Fsp3) is 0.400. The van der Waals surface area contributed by atoms with Crippen LogP contribution in [0.1, 0.15) is 34.5 Å². The first kappa shape index (κ1) is 14.7. The van der Waals surface area contributed by atoms with Crippen LogP contribution in [0.2, 0.25) is 0 Å². The van der Waals surface area contributed by atoms with E-state index in [9.17, 15) is 5.11 Å². The molecule has 1 aromatic carbocycles. The average molecular weight is 340 g/mol. The molecule has 0 aliphatic carbocycles. The van der Waals surface area contributed by atoms with E-state index >= 15 is 0 Å². The molecule has 0 radical (unpaired) electrons. The van der Waals surface area contributed by atoms with Gasteiger partial charge in [0.25, 0.3) is 0 Å². The summed E-state index contributed by atoms with van der Waals surface area (Å²) in [5.41, 5.74) is 1.16. The van der Waals surface area contributed by atoms with E-state index in [1.165, 1.54) is 4.88 Å². The minimum absolute atomic E-state index is 0.569. The first-order chi connectivity index (χ1) is 8.94. The van der Waals surface area contributed by atoms with E-state index in [2.05, 4.69) is 27.8 Å². The van der Waals surface area contributed by atoms with E-state index in [4.69, 9.17) is 0 Å². The van der Waals surface area contributed by atoms with Gasteiger partial charge in [-0.1, -0.05) is 35.0 Å². The minimum Gasteiger partial charge on any atom is -0.385 e. The molecule has 2 nitrogen and oxygen atoms in total. The van der Waals surface area contributed by atoms with E-state index in [-0.39, 0.29) is 0 Å². The predicted molar refractivity (Wildman–Crippen MR) is 83.6 cm³/mol. The molecule has 2 rings (SSSR count). The SMILES string of the molecule is CCC(O)(Cc1nc(C)c(C)s1)c1cccc(Br)c1. The lowest BCUT2D eigenvalue weighted by atomic mass is 9.88. The van der Waals surface area contributed by atoms with Gasteiger partial charge in [0, 0.05) is 15.8 Å². The highest BCUT2D eigenvalue weighted by atomic mass is 79.9. The second kappa shape index (κ2) is 5.73. The maximum atomic E-state index is 10.9. The average Bonchev–Trinajstić information content (AvgIpc) is 2.68. The minimum atomic E-state index is -0.847. The van der Waals surface area contributed by atoms with Crippen molar-refractivity contribution in [2.24, 2.45) is 0 Å². The number of aryl methyl sites for hydroxylation is 2. The van der Waals surface area contributed by atoms with E-state index in [1.807, 2.05) is 38.1 Å². The zero-order valence-electron chi connectivity index (χ0n) is 11.4. The first-order valence-corrected chi connectivity index (χ1v) is 7.97. The van der Waals surface area contributed by atoms with Crippen molar-refractivity contribution in [2.45, 2.75) is 39.2 Å². The van der Waals surface area contributed by atoms with Crippen LogP contribution in [0.4, 0.5) is 0 Å². The third-order valence-electron chi connectivity index (χ3n) is 3.46. The Hall–Kier alpha value is -0.710. The van der Waals surface area contributed by atoms with Crippen molar-refractivity contribution in [3.63, 3.8) is 0 Å². The Morgan fingerprint density at radius 1 is 1.37 bits per heavy atom. The summed E-state index contributed by atoms with van der Waals surface area (Å²) in [7, 11) is 0. The molecule has 0 aliphatic rings. The number of halogens is 1. The molecule has 0 fully saturated rings.